The van der Waals surface area contributed by atoms with Gasteiger partial charge >= 0.3 is 0 Å². The summed E-state index contributed by atoms with van der Waals surface area (Å²) in [5.74, 6) is 0.292. The van der Waals surface area contributed by atoms with E-state index in [0.717, 1.165) is 16.9 Å². The van der Waals surface area contributed by atoms with Crippen molar-refractivity contribution < 1.29 is 14.3 Å². The fraction of sp³-hybridized carbons (Fsp3) is 0.136. The number of hydrazone groups is 1. The molecule has 0 saturated carbocycles. The number of ether oxygens (including phenoxy) is 1. The van der Waals surface area contributed by atoms with E-state index < -0.39 is 0 Å². The number of nitrogens with zero attached hydrogens (tertiary/aromatic N) is 1. The molecule has 0 fully saturated rings. The van der Waals surface area contributed by atoms with E-state index in [2.05, 4.69) is 15.8 Å². The van der Waals surface area contributed by atoms with E-state index in [1.54, 1.807) is 38.3 Å². The maximum absolute atomic E-state index is 12.4. The quantitative estimate of drug-likeness (QED) is 0.410. The van der Waals surface area contributed by atoms with Crippen LogP contribution in [-0.4, -0.2) is 24.6 Å². The zero-order valence-corrected chi connectivity index (χ0v) is 18.0. The number of anilines is 1. The van der Waals surface area contributed by atoms with Crippen molar-refractivity contribution in [3.63, 3.8) is 0 Å². The van der Waals surface area contributed by atoms with Gasteiger partial charge in [-0.1, -0.05) is 35.9 Å². The highest BCUT2D eigenvalue weighted by molar-refractivity contribution is 7.17. The van der Waals surface area contributed by atoms with Gasteiger partial charge in [0, 0.05) is 5.69 Å². The second kappa shape index (κ2) is 10.0. The van der Waals surface area contributed by atoms with Gasteiger partial charge < -0.3 is 10.1 Å². The lowest BCUT2D eigenvalue weighted by Gasteiger charge is -2.08. The van der Waals surface area contributed by atoms with Crippen LogP contribution in [0.5, 0.6) is 5.75 Å². The van der Waals surface area contributed by atoms with Gasteiger partial charge in [0.05, 0.1) is 28.5 Å². The minimum absolute atomic E-state index is 0.130. The minimum atomic E-state index is -0.324. The van der Waals surface area contributed by atoms with E-state index in [4.69, 9.17) is 16.3 Å². The molecule has 8 heteroatoms. The summed E-state index contributed by atoms with van der Waals surface area (Å²) >= 11 is 7.03. The standard InChI is InChI=1S/C22H20ClN3O3S/c1-14(25-26-22(28)19-10-11-20(23)30-19)16-4-3-5-17(13-16)24-21(27)12-15-6-8-18(29-2)9-7-15/h3-11,13H,12H2,1-2H3,(H,24,27)(H,26,28). The summed E-state index contributed by atoms with van der Waals surface area (Å²) in [6, 6.07) is 17.9. The average molecular weight is 442 g/mol. The Morgan fingerprint density at radius 2 is 1.87 bits per heavy atom. The lowest BCUT2D eigenvalue weighted by atomic mass is 10.1. The first kappa shape index (κ1) is 21.5. The molecule has 6 nitrogen and oxygen atoms in total. The maximum atomic E-state index is 12.4. The third-order valence-electron chi connectivity index (χ3n) is 4.21. The molecule has 2 aromatic carbocycles. The molecule has 0 unspecified atom stereocenters. The first-order chi connectivity index (χ1) is 14.4. The first-order valence-electron chi connectivity index (χ1n) is 9.08. The van der Waals surface area contributed by atoms with Gasteiger partial charge in [-0.25, -0.2) is 5.43 Å². The fourth-order valence-electron chi connectivity index (χ4n) is 2.65. The molecule has 2 amide bonds. The number of halogens is 1. The molecule has 30 heavy (non-hydrogen) atoms. The minimum Gasteiger partial charge on any atom is -0.497 e. The van der Waals surface area contributed by atoms with Crippen LogP contribution in [0.25, 0.3) is 0 Å². The molecule has 1 heterocycles. The van der Waals surface area contributed by atoms with Crippen LogP contribution in [0, 0.1) is 0 Å². The van der Waals surface area contributed by atoms with E-state index in [0.29, 0.717) is 20.6 Å². The lowest BCUT2D eigenvalue weighted by Crippen LogP contribution is -2.18. The SMILES string of the molecule is COc1ccc(CC(=O)Nc2cccc(C(C)=NNC(=O)c3ccc(Cl)s3)c2)cc1. The summed E-state index contributed by atoms with van der Waals surface area (Å²) < 4.78 is 5.66. The van der Waals surface area contributed by atoms with Crippen molar-refractivity contribution in [1.82, 2.24) is 5.43 Å². The number of rotatable bonds is 7. The topological polar surface area (TPSA) is 79.8 Å². The van der Waals surface area contributed by atoms with Crippen molar-refractivity contribution in [3.05, 3.63) is 81.0 Å². The molecule has 0 saturated heterocycles. The predicted molar refractivity (Wildman–Crippen MR) is 121 cm³/mol. The predicted octanol–water partition coefficient (Wildman–Crippen LogP) is 4.75. The molecule has 0 radical (unpaired) electrons. The highest BCUT2D eigenvalue weighted by Gasteiger charge is 2.09. The number of hydrogen-bond acceptors (Lipinski definition) is 5. The number of amides is 2. The van der Waals surface area contributed by atoms with Gasteiger partial charge in [-0.2, -0.15) is 5.10 Å². The van der Waals surface area contributed by atoms with Gasteiger partial charge in [-0.3, -0.25) is 9.59 Å². The zero-order valence-electron chi connectivity index (χ0n) is 16.4. The van der Waals surface area contributed by atoms with Crippen LogP contribution in [0.2, 0.25) is 4.34 Å². The van der Waals surface area contributed by atoms with Crippen LogP contribution in [0.3, 0.4) is 0 Å². The fourth-order valence-corrected chi connectivity index (χ4v) is 3.58. The van der Waals surface area contributed by atoms with Crippen molar-refractivity contribution in [1.29, 1.82) is 0 Å². The maximum Gasteiger partial charge on any atom is 0.281 e. The molecule has 0 aliphatic carbocycles. The Hall–Kier alpha value is -3.16. The van der Waals surface area contributed by atoms with Gasteiger partial charge in [0.25, 0.3) is 5.91 Å². The third-order valence-corrected chi connectivity index (χ3v) is 5.44. The van der Waals surface area contributed by atoms with Gasteiger partial charge in [-0.05, 0) is 54.4 Å². The Balaban J connectivity index is 1.61. The molecule has 0 spiro atoms. The Morgan fingerprint density at radius 1 is 1.10 bits per heavy atom. The first-order valence-corrected chi connectivity index (χ1v) is 10.3. The molecule has 1 aromatic heterocycles. The molecule has 0 aliphatic rings. The van der Waals surface area contributed by atoms with Crippen LogP contribution in [0.1, 0.15) is 27.7 Å². The molecule has 0 bridgehead atoms. The largest absolute Gasteiger partial charge is 0.497 e. The summed E-state index contributed by atoms with van der Waals surface area (Å²) in [6.07, 6.45) is 0.251. The van der Waals surface area contributed by atoms with E-state index in [1.807, 2.05) is 36.4 Å². The molecule has 3 rings (SSSR count). The van der Waals surface area contributed by atoms with Crippen molar-refractivity contribution in [3.8, 4) is 5.75 Å². The highest BCUT2D eigenvalue weighted by Crippen LogP contribution is 2.21. The van der Waals surface area contributed by atoms with E-state index >= 15 is 0 Å². The van der Waals surface area contributed by atoms with Crippen LogP contribution < -0.4 is 15.5 Å². The van der Waals surface area contributed by atoms with Gasteiger partial charge in [-0.15, -0.1) is 11.3 Å². The molecule has 0 aliphatic heterocycles. The second-order valence-electron chi connectivity index (χ2n) is 6.40. The molecular formula is C22H20ClN3O3S. The molecular weight excluding hydrogens is 422 g/mol. The number of hydrogen-bond donors (Lipinski definition) is 2. The van der Waals surface area contributed by atoms with E-state index in [-0.39, 0.29) is 18.2 Å². The number of benzene rings is 2. The lowest BCUT2D eigenvalue weighted by molar-refractivity contribution is -0.115. The Kier molecular flexibility index (Phi) is 7.21. The van der Waals surface area contributed by atoms with Crippen molar-refractivity contribution >= 4 is 46.2 Å². The molecule has 2 N–H and O–H groups in total. The number of methoxy groups -OCH3 is 1. The monoisotopic (exact) mass is 441 g/mol. The van der Waals surface area contributed by atoms with Crippen LogP contribution >= 0.6 is 22.9 Å². The Labute approximate surface area is 183 Å². The summed E-state index contributed by atoms with van der Waals surface area (Å²) in [4.78, 5) is 24.9. The third kappa shape index (κ3) is 5.92. The average Bonchev–Trinajstić information content (AvgIpc) is 3.19. The van der Waals surface area contributed by atoms with Crippen LogP contribution in [-0.2, 0) is 11.2 Å². The van der Waals surface area contributed by atoms with Gasteiger partial charge in [0.15, 0.2) is 0 Å². The van der Waals surface area contributed by atoms with Crippen molar-refractivity contribution in [2.24, 2.45) is 5.10 Å². The number of nitrogens with one attached hydrogen (secondary N) is 2. The number of carbonyl (C=O) groups excluding carboxylic acids is 2. The smallest absolute Gasteiger partial charge is 0.281 e. The summed E-state index contributed by atoms with van der Waals surface area (Å²) in [6.45, 7) is 1.78. The van der Waals surface area contributed by atoms with E-state index in [9.17, 15) is 9.59 Å². The second-order valence-corrected chi connectivity index (χ2v) is 8.11. The number of carbonyl (C=O) groups is 2. The van der Waals surface area contributed by atoms with E-state index in [1.165, 1.54) is 11.3 Å². The summed E-state index contributed by atoms with van der Waals surface area (Å²) in [5.41, 5.74) is 5.44. The van der Waals surface area contributed by atoms with Gasteiger partial charge in [0.1, 0.15) is 5.75 Å². The zero-order chi connectivity index (χ0) is 21.5. The summed E-state index contributed by atoms with van der Waals surface area (Å²) in [7, 11) is 1.60. The highest BCUT2D eigenvalue weighted by atomic mass is 35.5. The summed E-state index contributed by atoms with van der Waals surface area (Å²) in [5, 5.41) is 7.02. The van der Waals surface area contributed by atoms with Crippen molar-refractivity contribution in [2.75, 3.05) is 12.4 Å². The molecule has 0 atom stereocenters. The number of thiophene rings is 1. The normalized spacial score (nSPS) is 11.1. The van der Waals surface area contributed by atoms with Crippen molar-refractivity contribution in [2.45, 2.75) is 13.3 Å². The van der Waals surface area contributed by atoms with Gasteiger partial charge in [0.2, 0.25) is 5.91 Å². The molecule has 3 aromatic rings. The van der Waals surface area contributed by atoms with Crippen LogP contribution in [0.4, 0.5) is 5.69 Å². The Morgan fingerprint density at radius 3 is 2.53 bits per heavy atom. The van der Waals surface area contributed by atoms with Crippen LogP contribution in [0.15, 0.2) is 65.8 Å². The molecule has 154 valence electrons. The Bertz CT molecular complexity index is 1080.